The predicted molar refractivity (Wildman–Crippen MR) is 62.6 cm³/mol. The largest absolute Gasteiger partial charge is 0.0620 e. The molecule has 16 heavy (non-hydrogen) atoms. The molecule has 0 heteroatoms. The highest BCUT2D eigenvalue weighted by Crippen LogP contribution is 2.89. The summed E-state index contributed by atoms with van der Waals surface area (Å²) in [5.41, 5.74) is 4.73. The van der Waals surface area contributed by atoms with Crippen molar-refractivity contribution in [1.29, 1.82) is 0 Å². The molecule has 0 saturated heterocycles. The highest BCUT2D eigenvalue weighted by Gasteiger charge is 2.82. The predicted octanol–water partition coefficient (Wildman–Crippen LogP) is 3.63. The quantitative estimate of drug-likeness (QED) is 0.582. The SMILES string of the molecule is CC1=C2C3CC4CC4C3C12C1C2CCC1C2. The molecule has 6 saturated carbocycles. The fourth-order valence-electron chi connectivity index (χ4n) is 7.38. The second-order valence-electron chi connectivity index (χ2n) is 7.79. The van der Waals surface area contributed by atoms with Crippen molar-refractivity contribution >= 4 is 0 Å². The monoisotopic (exact) mass is 212 g/mol. The first-order valence-corrected chi connectivity index (χ1v) is 7.55. The van der Waals surface area contributed by atoms with Crippen LogP contribution in [0, 0.1) is 46.8 Å². The van der Waals surface area contributed by atoms with Gasteiger partial charge in [-0.15, -0.1) is 0 Å². The number of fused-ring (bicyclic) bond motifs is 8. The van der Waals surface area contributed by atoms with E-state index in [-0.39, 0.29) is 0 Å². The van der Waals surface area contributed by atoms with Gasteiger partial charge in [-0.1, -0.05) is 11.1 Å². The van der Waals surface area contributed by atoms with Crippen LogP contribution in [0.1, 0.15) is 39.0 Å². The third kappa shape index (κ3) is 0.532. The molecule has 0 heterocycles. The number of hydrogen-bond donors (Lipinski definition) is 0. The van der Waals surface area contributed by atoms with Crippen molar-refractivity contribution in [2.24, 2.45) is 46.8 Å². The van der Waals surface area contributed by atoms with Crippen LogP contribution in [-0.4, -0.2) is 0 Å². The van der Waals surface area contributed by atoms with Crippen molar-refractivity contribution in [2.75, 3.05) is 0 Å². The van der Waals surface area contributed by atoms with Crippen molar-refractivity contribution in [3.8, 4) is 0 Å². The molecular formula is C16H20. The molecule has 0 N–H and O–H groups in total. The maximum atomic E-state index is 2.50. The van der Waals surface area contributed by atoms with Gasteiger partial charge in [0, 0.05) is 5.41 Å². The minimum Gasteiger partial charge on any atom is -0.0620 e. The van der Waals surface area contributed by atoms with Gasteiger partial charge in [-0.05, 0) is 80.5 Å². The third-order valence-corrected chi connectivity index (χ3v) is 7.79. The molecule has 6 fully saturated rings. The van der Waals surface area contributed by atoms with Crippen molar-refractivity contribution < 1.29 is 0 Å². The summed E-state index contributed by atoms with van der Waals surface area (Å²) in [6.45, 7) is 2.50. The first-order chi connectivity index (χ1) is 7.83. The van der Waals surface area contributed by atoms with Gasteiger partial charge in [0.1, 0.15) is 0 Å². The fourth-order valence-corrected chi connectivity index (χ4v) is 7.38. The molecular weight excluding hydrogens is 192 g/mol. The van der Waals surface area contributed by atoms with E-state index in [0.29, 0.717) is 0 Å². The smallest absolute Gasteiger partial charge is 0.0197 e. The minimum absolute atomic E-state index is 0.796. The van der Waals surface area contributed by atoms with Gasteiger partial charge in [0.2, 0.25) is 0 Å². The molecule has 0 aliphatic heterocycles. The molecule has 0 aromatic heterocycles. The van der Waals surface area contributed by atoms with E-state index in [2.05, 4.69) is 6.92 Å². The molecule has 7 aliphatic carbocycles. The van der Waals surface area contributed by atoms with Gasteiger partial charge in [-0.2, -0.15) is 0 Å². The molecule has 7 aliphatic rings. The topological polar surface area (TPSA) is 0 Å². The van der Waals surface area contributed by atoms with Gasteiger partial charge in [-0.25, -0.2) is 0 Å². The lowest BCUT2D eigenvalue weighted by atomic mass is 9.49. The summed E-state index contributed by atoms with van der Waals surface area (Å²) < 4.78 is 0. The van der Waals surface area contributed by atoms with E-state index in [1.165, 1.54) is 23.7 Å². The summed E-state index contributed by atoms with van der Waals surface area (Å²) in [5, 5.41) is 0. The van der Waals surface area contributed by atoms with E-state index in [9.17, 15) is 0 Å². The van der Waals surface area contributed by atoms with Gasteiger partial charge in [0.15, 0.2) is 0 Å². The fraction of sp³-hybridized carbons (Fsp3) is 0.875. The summed E-state index contributed by atoms with van der Waals surface area (Å²) in [5.74, 6) is 8.18. The zero-order chi connectivity index (χ0) is 10.2. The average molecular weight is 212 g/mol. The standard InChI is InChI=1S/C16H20/c1-7-13-12-6-10-5-11(10)15(12)16(7,13)14-8-2-3-9(14)4-8/h8-12,14-15H,2-6H2,1H3. The molecule has 0 aromatic carbocycles. The van der Waals surface area contributed by atoms with E-state index in [1.54, 1.807) is 32.1 Å². The second kappa shape index (κ2) is 1.95. The molecule has 0 aromatic rings. The van der Waals surface area contributed by atoms with Gasteiger partial charge in [-0.3, -0.25) is 0 Å². The minimum atomic E-state index is 0.796. The Morgan fingerprint density at radius 2 is 1.75 bits per heavy atom. The Morgan fingerprint density at radius 3 is 2.50 bits per heavy atom. The van der Waals surface area contributed by atoms with Crippen molar-refractivity contribution in [3.05, 3.63) is 11.1 Å². The molecule has 0 spiro atoms. The Bertz CT molecular complexity index is 438. The highest BCUT2D eigenvalue weighted by molar-refractivity contribution is 5.62. The molecule has 7 rings (SSSR count). The molecule has 0 amide bonds. The van der Waals surface area contributed by atoms with Gasteiger partial charge in [0.05, 0.1) is 0 Å². The van der Waals surface area contributed by atoms with Crippen LogP contribution in [-0.2, 0) is 0 Å². The van der Waals surface area contributed by atoms with Crippen LogP contribution in [0.3, 0.4) is 0 Å². The number of hydrogen-bond acceptors (Lipinski definition) is 0. The summed E-state index contributed by atoms with van der Waals surface area (Å²) in [7, 11) is 0. The van der Waals surface area contributed by atoms with Crippen molar-refractivity contribution in [2.45, 2.75) is 39.0 Å². The molecule has 7 unspecified atom stereocenters. The molecule has 0 radical (unpaired) electrons. The zero-order valence-corrected chi connectivity index (χ0v) is 10.1. The molecule has 2 bridgehead atoms. The first kappa shape index (κ1) is 7.95. The van der Waals surface area contributed by atoms with Crippen molar-refractivity contribution in [3.63, 3.8) is 0 Å². The van der Waals surface area contributed by atoms with Gasteiger partial charge in [0.25, 0.3) is 0 Å². The molecule has 0 nitrogen and oxygen atoms in total. The number of rotatable bonds is 1. The lowest BCUT2D eigenvalue weighted by Gasteiger charge is -2.54. The molecule has 7 atom stereocenters. The summed E-state index contributed by atoms with van der Waals surface area (Å²) in [6.07, 6.45) is 8.00. The van der Waals surface area contributed by atoms with Crippen molar-refractivity contribution in [1.82, 2.24) is 0 Å². The van der Waals surface area contributed by atoms with Gasteiger partial charge < -0.3 is 0 Å². The van der Waals surface area contributed by atoms with E-state index >= 15 is 0 Å². The average Bonchev–Trinajstić information content (AvgIpc) is 2.86. The lowest BCUT2D eigenvalue weighted by Crippen LogP contribution is -2.50. The maximum absolute atomic E-state index is 2.50. The zero-order valence-electron chi connectivity index (χ0n) is 10.1. The van der Waals surface area contributed by atoms with Crippen LogP contribution in [0.2, 0.25) is 0 Å². The van der Waals surface area contributed by atoms with Crippen LogP contribution in [0.25, 0.3) is 0 Å². The Balaban J connectivity index is 1.46. The van der Waals surface area contributed by atoms with Crippen LogP contribution < -0.4 is 0 Å². The maximum Gasteiger partial charge on any atom is 0.0197 e. The third-order valence-electron chi connectivity index (χ3n) is 7.79. The first-order valence-electron chi connectivity index (χ1n) is 7.55. The van der Waals surface area contributed by atoms with Crippen LogP contribution in [0.15, 0.2) is 11.1 Å². The summed E-state index contributed by atoms with van der Waals surface area (Å²) in [6, 6.07) is 0. The lowest BCUT2D eigenvalue weighted by molar-refractivity contribution is -0.0159. The highest BCUT2D eigenvalue weighted by atomic mass is 14.9. The van der Waals surface area contributed by atoms with Crippen LogP contribution >= 0.6 is 0 Å². The number of allylic oxidation sites excluding steroid dienone is 2. The normalized spacial score (nSPS) is 71.4. The van der Waals surface area contributed by atoms with E-state index in [0.717, 1.165) is 23.2 Å². The molecule has 84 valence electrons. The van der Waals surface area contributed by atoms with E-state index in [4.69, 9.17) is 0 Å². The Labute approximate surface area is 97.5 Å². The Kier molecular flexibility index (Phi) is 0.971. The Morgan fingerprint density at radius 1 is 0.938 bits per heavy atom. The summed E-state index contributed by atoms with van der Waals surface area (Å²) in [4.78, 5) is 0. The van der Waals surface area contributed by atoms with Gasteiger partial charge >= 0.3 is 0 Å². The Hall–Kier alpha value is -0.260. The van der Waals surface area contributed by atoms with Crippen LogP contribution in [0.4, 0.5) is 0 Å². The summed E-state index contributed by atoms with van der Waals surface area (Å²) >= 11 is 0. The van der Waals surface area contributed by atoms with E-state index < -0.39 is 0 Å². The second-order valence-corrected chi connectivity index (χ2v) is 7.79. The van der Waals surface area contributed by atoms with E-state index in [1.807, 2.05) is 11.1 Å². The van der Waals surface area contributed by atoms with Crippen LogP contribution in [0.5, 0.6) is 0 Å².